The van der Waals surface area contributed by atoms with Crippen molar-refractivity contribution in [2.75, 3.05) is 25.2 Å². The van der Waals surface area contributed by atoms with E-state index < -0.39 is 0 Å². The maximum Gasteiger partial charge on any atom is 0.305 e. The Kier molecular flexibility index (Phi) is 20.4. The third kappa shape index (κ3) is 19.7. The fourth-order valence-corrected chi connectivity index (χ4v) is 2.73. The van der Waals surface area contributed by atoms with Crippen LogP contribution < -0.4 is 0 Å². The Hall–Kier alpha value is -0.350. The third-order valence-corrected chi connectivity index (χ3v) is 4.33. The summed E-state index contributed by atoms with van der Waals surface area (Å²) in [6.07, 6.45) is 17.4. The standard InChI is InChI=1S/C20H37BrO3/c1-2-3-4-5-6-9-12-17-23-18-14-15-20(22)24-19-13-10-7-8-11-16-21/h3-4H,2,5-19H2,1H3/b4-3-. The number of alkyl halides is 1. The minimum Gasteiger partial charge on any atom is -0.466 e. The van der Waals surface area contributed by atoms with Gasteiger partial charge < -0.3 is 9.47 Å². The van der Waals surface area contributed by atoms with Crippen LogP contribution in [0.15, 0.2) is 12.2 Å². The van der Waals surface area contributed by atoms with Gasteiger partial charge in [0.15, 0.2) is 0 Å². The molecule has 0 unspecified atom stereocenters. The smallest absolute Gasteiger partial charge is 0.305 e. The van der Waals surface area contributed by atoms with E-state index in [9.17, 15) is 4.79 Å². The molecule has 0 spiro atoms. The van der Waals surface area contributed by atoms with Crippen LogP contribution in [0.25, 0.3) is 0 Å². The summed E-state index contributed by atoms with van der Waals surface area (Å²) < 4.78 is 10.8. The number of carbonyl (C=O) groups is 1. The fraction of sp³-hybridized carbons (Fsp3) is 0.850. The van der Waals surface area contributed by atoms with Crippen LogP contribution >= 0.6 is 15.9 Å². The van der Waals surface area contributed by atoms with Crippen molar-refractivity contribution in [3.8, 4) is 0 Å². The Labute approximate surface area is 157 Å². The Balaban J connectivity index is 3.16. The van der Waals surface area contributed by atoms with Crippen molar-refractivity contribution in [1.82, 2.24) is 0 Å². The van der Waals surface area contributed by atoms with E-state index in [1.807, 2.05) is 0 Å². The van der Waals surface area contributed by atoms with Crippen molar-refractivity contribution in [3.63, 3.8) is 0 Å². The summed E-state index contributed by atoms with van der Waals surface area (Å²) in [6.45, 7) is 4.20. The van der Waals surface area contributed by atoms with Gasteiger partial charge in [-0.15, -0.1) is 0 Å². The van der Waals surface area contributed by atoms with Gasteiger partial charge in [0.05, 0.1) is 6.61 Å². The Morgan fingerprint density at radius 1 is 0.833 bits per heavy atom. The normalized spacial score (nSPS) is 11.2. The van der Waals surface area contributed by atoms with Gasteiger partial charge >= 0.3 is 5.97 Å². The van der Waals surface area contributed by atoms with Crippen LogP contribution in [0.3, 0.4) is 0 Å². The van der Waals surface area contributed by atoms with Crippen molar-refractivity contribution in [3.05, 3.63) is 12.2 Å². The summed E-state index contributed by atoms with van der Waals surface area (Å²) in [5, 5.41) is 1.08. The molecule has 142 valence electrons. The van der Waals surface area contributed by atoms with E-state index in [0.29, 0.717) is 19.6 Å². The summed E-state index contributed by atoms with van der Waals surface area (Å²) >= 11 is 3.43. The molecule has 0 aromatic rings. The monoisotopic (exact) mass is 404 g/mol. The van der Waals surface area contributed by atoms with E-state index in [0.717, 1.165) is 44.0 Å². The highest BCUT2D eigenvalue weighted by Crippen LogP contribution is 2.05. The number of rotatable bonds is 18. The van der Waals surface area contributed by atoms with Crippen molar-refractivity contribution < 1.29 is 14.3 Å². The number of hydrogen-bond acceptors (Lipinski definition) is 3. The average Bonchev–Trinajstić information content (AvgIpc) is 2.59. The van der Waals surface area contributed by atoms with Gasteiger partial charge in [-0.2, -0.15) is 0 Å². The molecule has 0 aromatic carbocycles. The maximum atomic E-state index is 11.5. The summed E-state index contributed by atoms with van der Waals surface area (Å²) in [7, 11) is 0. The minimum absolute atomic E-state index is 0.0817. The molecule has 0 radical (unpaired) electrons. The lowest BCUT2D eigenvalue weighted by Gasteiger charge is -2.06. The molecule has 0 bridgehead atoms. The highest BCUT2D eigenvalue weighted by molar-refractivity contribution is 9.09. The predicted octanol–water partition coefficient (Wildman–Crippen LogP) is 6.20. The number of unbranched alkanes of at least 4 members (excludes halogenated alkanes) is 7. The molecule has 0 aliphatic rings. The number of allylic oxidation sites excluding steroid dienone is 2. The molecule has 0 saturated carbocycles. The molecule has 0 rings (SSSR count). The van der Waals surface area contributed by atoms with Crippen molar-refractivity contribution in [2.45, 2.75) is 84.0 Å². The molecule has 4 heteroatoms. The zero-order valence-electron chi connectivity index (χ0n) is 15.6. The van der Waals surface area contributed by atoms with E-state index in [1.165, 1.54) is 38.5 Å². The van der Waals surface area contributed by atoms with Gasteiger partial charge in [0, 0.05) is 25.0 Å². The molecule has 24 heavy (non-hydrogen) atoms. The molecule has 0 saturated heterocycles. The van der Waals surface area contributed by atoms with E-state index in [4.69, 9.17) is 9.47 Å². The second kappa shape index (κ2) is 20.7. The zero-order chi connectivity index (χ0) is 17.7. The topological polar surface area (TPSA) is 35.5 Å². The van der Waals surface area contributed by atoms with Gasteiger partial charge in [-0.25, -0.2) is 0 Å². The largest absolute Gasteiger partial charge is 0.466 e. The van der Waals surface area contributed by atoms with Gasteiger partial charge in [-0.05, 0) is 44.9 Å². The molecule has 0 aromatic heterocycles. The second-order valence-corrected chi connectivity index (χ2v) is 6.92. The van der Waals surface area contributed by atoms with Crippen LogP contribution in [0.5, 0.6) is 0 Å². The quantitative estimate of drug-likeness (QED) is 0.118. The van der Waals surface area contributed by atoms with E-state index in [1.54, 1.807) is 0 Å². The van der Waals surface area contributed by atoms with Gasteiger partial charge in [0.2, 0.25) is 0 Å². The fourth-order valence-electron chi connectivity index (χ4n) is 2.33. The minimum atomic E-state index is -0.0817. The lowest BCUT2D eigenvalue weighted by Crippen LogP contribution is -2.07. The van der Waals surface area contributed by atoms with Crippen molar-refractivity contribution in [2.24, 2.45) is 0 Å². The Morgan fingerprint density at radius 2 is 1.50 bits per heavy atom. The first-order valence-electron chi connectivity index (χ1n) is 9.75. The Morgan fingerprint density at radius 3 is 2.29 bits per heavy atom. The van der Waals surface area contributed by atoms with E-state index >= 15 is 0 Å². The molecule has 0 fully saturated rings. The zero-order valence-corrected chi connectivity index (χ0v) is 17.2. The molecular formula is C20H37BrO3. The SMILES string of the molecule is CC/C=C\CCCCCOCCCC(=O)OCCCCCCCBr. The first kappa shape index (κ1) is 23.6. The number of hydrogen-bond donors (Lipinski definition) is 0. The second-order valence-electron chi connectivity index (χ2n) is 6.12. The molecule has 0 aliphatic heterocycles. The number of esters is 1. The first-order valence-corrected chi connectivity index (χ1v) is 10.9. The highest BCUT2D eigenvalue weighted by atomic mass is 79.9. The van der Waals surface area contributed by atoms with Gasteiger partial charge in [-0.3, -0.25) is 4.79 Å². The molecule has 0 amide bonds. The van der Waals surface area contributed by atoms with Crippen LogP contribution in [0.4, 0.5) is 0 Å². The summed E-state index contributed by atoms with van der Waals surface area (Å²) in [6, 6.07) is 0. The molecule has 0 atom stereocenters. The van der Waals surface area contributed by atoms with Gasteiger partial charge in [0.25, 0.3) is 0 Å². The lowest BCUT2D eigenvalue weighted by atomic mass is 10.2. The number of carbonyl (C=O) groups excluding carboxylic acids is 1. The molecule has 3 nitrogen and oxygen atoms in total. The number of halogens is 1. The molecule has 0 N–H and O–H groups in total. The molecule has 0 aliphatic carbocycles. The average molecular weight is 405 g/mol. The van der Waals surface area contributed by atoms with Crippen LogP contribution in [-0.4, -0.2) is 31.1 Å². The summed E-state index contributed by atoms with van der Waals surface area (Å²) in [4.78, 5) is 11.5. The maximum absolute atomic E-state index is 11.5. The lowest BCUT2D eigenvalue weighted by molar-refractivity contribution is -0.144. The van der Waals surface area contributed by atoms with E-state index in [-0.39, 0.29) is 5.97 Å². The van der Waals surface area contributed by atoms with E-state index in [2.05, 4.69) is 35.0 Å². The van der Waals surface area contributed by atoms with Crippen LogP contribution in [0.1, 0.15) is 84.0 Å². The molecular weight excluding hydrogens is 368 g/mol. The first-order chi connectivity index (χ1) is 11.8. The molecule has 0 heterocycles. The summed E-state index contributed by atoms with van der Waals surface area (Å²) in [5.74, 6) is -0.0817. The van der Waals surface area contributed by atoms with Crippen LogP contribution in [0.2, 0.25) is 0 Å². The van der Waals surface area contributed by atoms with Crippen molar-refractivity contribution >= 4 is 21.9 Å². The van der Waals surface area contributed by atoms with Crippen molar-refractivity contribution in [1.29, 1.82) is 0 Å². The van der Waals surface area contributed by atoms with Crippen LogP contribution in [-0.2, 0) is 14.3 Å². The summed E-state index contributed by atoms with van der Waals surface area (Å²) in [5.41, 5.74) is 0. The predicted molar refractivity (Wildman–Crippen MR) is 106 cm³/mol. The van der Waals surface area contributed by atoms with Gasteiger partial charge in [-0.1, -0.05) is 60.7 Å². The number of ether oxygens (including phenoxy) is 2. The Bertz CT molecular complexity index is 293. The van der Waals surface area contributed by atoms with Gasteiger partial charge in [0.1, 0.15) is 0 Å². The highest BCUT2D eigenvalue weighted by Gasteiger charge is 2.02. The third-order valence-electron chi connectivity index (χ3n) is 3.77. The van der Waals surface area contributed by atoms with Crippen LogP contribution in [0, 0.1) is 0 Å².